The molecule has 1 heterocycles. The van der Waals surface area contributed by atoms with Gasteiger partial charge in [-0.15, -0.1) is 0 Å². The molecule has 1 aliphatic heterocycles. The predicted molar refractivity (Wildman–Crippen MR) is 75.7 cm³/mol. The van der Waals surface area contributed by atoms with E-state index in [1.807, 2.05) is 7.11 Å². The van der Waals surface area contributed by atoms with E-state index in [0.29, 0.717) is 6.10 Å². The van der Waals surface area contributed by atoms with Crippen LogP contribution >= 0.6 is 0 Å². The van der Waals surface area contributed by atoms with Crippen molar-refractivity contribution in [2.45, 2.75) is 76.0 Å². The summed E-state index contributed by atoms with van der Waals surface area (Å²) in [6.07, 6.45) is 10.7. The average Bonchev–Trinajstić information content (AvgIpc) is 2.47. The summed E-state index contributed by atoms with van der Waals surface area (Å²) in [6, 6.07) is 0.765. The van der Waals surface area contributed by atoms with E-state index < -0.39 is 0 Å². The van der Waals surface area contributed by atoms with Crippen molar-refractivity contribution in [2.75, 3.05) is 20.2 Å². The van der Waals surface area contributed by atoms with Crippen molar-refractivity contribution in [1.82, 2.24) is 4.90 Å². The number of ether oxygens (including phenoxy) is 1. The first-order valence-electron chi connectivity index (χ1n) is 7.75. The Morgan fingerprint density at radius 1 is 1.22 bits per heavy atom. The lowest BCUT2D eigenvalue weighted by Gasteiger charge is -2.52. The Bertz CT molecular complexity index is 249. The van der Waals surface area contributed by atoms with Gasteiger partial charge in [0.2, 0.25) is 0 Å². The van der Waals surface area contributed by atoms with Crippen LogP contribution in [0.5, 0.6) is 0 Å². The molecule has 0 aromatic heterocycles. The molecule has 0 spiro atoms. The van der Waals surface area contributed by atoms with Gasteiger partial charge in [0.05, 0.1) is 6.10 Å². The second-order valence-electron chi connectivity index (χ2n) is 6.11. The first kappa shape index (κ1) is 14.3. The topological polar surface area (TPSA) is 38.5 Å². The van der Waals surface area contributed by atoms with Crippen LogP contribution < -0.4 is 5.73 Å². The van der Waals surface area contributed by atoms with Gasteiger partial charge in [-0.3, -0.25) is 4.90 Å². The summed E-state index contributed by atoms with van der Waals surface area (Å²) in [6.45, 7) is 4.40. The molecule has 106 valence electrons. The molecule has 0 amide bonds. The number of nitrogens with zero attached hydrogens (tertiary/aromatic N) is 1. The zero-order valence-electron chi connectivity index (χ0n) is 12.2. The van der Waals surface area contributed by atoms with Gasteiger partial charge in [0.15, 0.2) is 0 Å². The lowest BCUT2D eigenvalue weighted by atomic mass is 9.76. The normalized spacial score (nSPS) is 38.8. The maximum Gasteiger partial charge on any atom is 0.0572 e. The second-order valence-corrected chi connectivity index (χ2v) is 6.11. The summed E-state index contributed by atoms with van der Waals surface area (Å²) in [4.78, 5) is 2.77. The number of hydrogen-bond donors (Lipinski definition) is 1. The van der Waals surface area contributed by atoms with Crippen LogP contribution in [0, 0.1) is 0 Å². The Kier molecular flexibility index (Phi) is 5.05. The molecule has 1 saturated heterocycles. The van der Waals surface area contributed by atoms with Crippen LogP contribution in [0.15, 0.2) is 0 Å². The van der Waals surface area contributed by atoms with Crippen molar-refractivity contribution in [3.8, 4) is 0 Å². The summed E-state index contributed by atoms with van der Waals surface area (Å²) in [5.41, 5.74) is 6.46. The molecule has 3 nitrogen and oxygen atoms in total. The van der Waals surface area contributed by atoms with Gasteiger partial charge in [-0.25, -0.2) is 0 Å². The van der Waals surface area contributed by atoms with Crippen LogP contribution in [0.25, 0.3) is 0 Å². The SMILES string of the molecule is CCC1CCCCN1C1(CN)CCC(OC)CC1. The molecule has 1 saturated carbocycles. The monoisotopic (exact) mass is 254 g/mol. The van der Waals surface area contributed by atoms with E-state index >= 15 is 0 Å². The largest absolute Gasteiger partial charge is 0.381 e. The molecule has 2 aliphatic rings. The van der Waals surface area contributed by atoms with Crippen LogP contribution in [0.1, 0.15) is 58.3 Å². The standard InChI is InChI=1S/C15H30N2O/c1-3-13-6-4-5-11-17(13)15(12-16)9-7-14(18-2)8-10-15/h13-14H,3-12,16H2,1-2H3. The number of hydrogen-bond acceptors (Lipinski definition) is 3. The molecule has 0 bridgehead atoms. The third-order valence-corrected chi connectivity index (χ3v) is 5.28. The van der Waals surface area contributed by atoms with Crippen LogP contribution in [0.3, 0.4) is 0 Å². The third kappa shape index (κ3) is 2.73. The van der Waals surface area contributed by atoms with Crippen molar-refractivity contribution < 1.29 is 4.74 Å². The van der Waals surface area contributed by atoms with Crippen molar-refractivity contribution in [1.29, 1.82) is 0 Å². The van der Waals surface area contributed by atoms with Crippen LogP contribution in [-0.2, 0) is 4.74 Å². The predicted octanol–water partition coefficient (Wildman–Crippen LogP) is 2.54. The maximum atomic E-state index is 6.19. The van der Waals surface area contributed by atoms with Gasteiger partial charge in [-0.1, -0.05) is 13.3 Å². The molecule has 0 aromatic rings. The van der Waals surface area contributed by atoms with E-state index in [2.05, 4.69) is 11.8 Å². The molecule has 0 aromatic carbocycles. The lowest BCUT2D eigenvalue weighted by molar-refractivity contribution is -0.0391. The minimum Gasteiger partial charge on any atom is -0.381 e. The van der Waals surface area contributed by atoms with Crippen LogP contribution in [-0.4, -0.2) is 42.8 Å². The number of methoxy groups -OCH3 is 1. The second kappa shape index (κ2) is 6.36. The maximum absolute atomic E-state index is 6.19. The van der Waals surface area contributed by atoms with Crippen molar-refractivity contribution in [2.24, 2.45) is 5.73 Å². The van der Waals surface area contributed by atoms with E-state index in [4.69, 9.17) is 10.5 Å². The number of piperidine rings is 1. The Balaban J connectivity index is 2.06. The molecule has 2 fully saturated rings. The Labute approximate surface area is 112 Å². The average molecular weight is 254 g/mol. The highest BCUT2D eigenvalue weighted by molar-refractivity contribution is 4.99. The molecular weight excluding hydrogens is 224 g/mol. The van der Waals surface area contributed by atoms with Gasteiger partial charge < -0.3 is 10.5 Å². The number of nitrogens with two attached hydrogens (primary N) is 1. The lowest BCUT2D eigenvalue weighted by Crippen LogP contribution is -2.61. The van der Waals surface area contributed by atoms with E-state index in [1.54, 1.807) is 0 Å². The molecule has 1 atom stereocenters. The van der Waals surface area contributed by atoms with Crippen molar-refractivity contribution in [3.05, 3.63) is 0 Å². The summed E-state index contributed by atoms with van der Waals surface area (Å²) in [5, 5.41) is 0. The summed E-state index contributed by atoms with van der Waals surface area (Å²) >= 11 is 0. The van der Waals surface area contributed by atoms with Gasteiger partial charge >= 0.3 is 0 Å². The summed E-state index contributed by atoms with van der Waals surface area (Å²) < 4.78 is 5.51. The summed E-state index contributed by atoms with van der Waals surface area (Å²) in [7, 11) is 1.84. The third-order valence-electron chi connectivity index (χ3n) is 5.28. The minimum absolute atomic E-state index is 0.274. The molecule has 0 radical (unpaired) electrons. The van der Waals surface area contributed by atoms with E-state index in [1.165, 1.54) is 57.9 Å². The fourth-order valence-electron chi connectivity index (χ4n) is 4.02. The Hall–Kier alpha value is -0.120. The molecular formula is C15H30N2O. The molecule has 18 heavy (non-hydrogen) atoms. The Morgan fingerprint density at radius 2 is 1.94 bits per heavy atom. The first-order chi connectivity index (χ1) is 8.75. The van der Waals surface area contributed by atoms with E-state index in [9.17, 15) is 0 Å². The minimum atomic E-state index is 0.274. The smallest absolute Gasteiger partial charge is 0.0572 e. The molecule has 1 unspecified atom stereocenters. The van der Waals surface area contributed by atoms with Gasteiger partial charge in [0, 0.05) is 25.2 Å². The fourth-order valence-corrected chi connectivity index (χ4v) is 4.02. The van der Waals surface area contributed by atoms with E-state index in [0.717, 1.165) is 12.6 Å². The molecule has 2 N–H and O–H groups in total. The highest BCUT2D eigenvalue weighted by Gasteiger charge is 2.42. The van der Waals surface area contributed by atoms with Gasteiger partial charge in [-0.05, 0) is 51.5 Å². The number of rotatable bonds is 4. The highest BCUT2D eigenvalue weighted by Crippen LogP contribution is 2.38. The van der Waals surface area contributed by atoms with E-state index in [-0.39, 0.29) is 5.54 Å². The molecule has 3 heteroatoms. The van der Waals surface area contributed by atoms with Gasteiger partial charge in [0.25, 0.3) is 0 Å². The van der Waals surface area contributed by atoms with Crippen molar-refractivity contribution >= 4 is 0 Å². The highest BCUT2D eigenvalue weighted by atomic mass is 16.5. The molecule has 2 rings (SSSR count). The number of likely N-dealkylation sites (tertiary alicyclic amines) is 1. The van der Waals surface area contributed by atoms with Crippen molar-refractivity contribution in [3.63, 3.8) is 0 Å². The quantitative estimate of drug-likeness (QED) is 0.838. The van der Waals surface area contributed by atoms with Gasteiger partial charge in [0.1, 0.15) is 0 Å². The Morgan fingerprint density at radius 3 is 2.50 bits per heavy atom. The summed E-state index contributed by atoms with van der Waals surface area (Å²) in [5.74, 6) is 0. The first-order valence-corrected chi connectivity index (χ1v) is 7.75. The van der Waals surface area contributed by atoms with Gasteiger partial charge in [-0.2, -0.15) is 0 Å². The van der Waals surface area contributed by atoms with Crippen LogP contribution in [0.2, 0.25) is 0 Å². The fraction of sp³-hybridized carbons (Fsp3) is 1.00. The van der Waals surface area contributed by atoms with Crippen LogP contribution in [0.4, 0.5) is 0 Å². The molecule has 1 aliphatic carbocycles. The zero-order valence-corrected chi connectivity index (χ0v) is 12.2. The zero-order chi connectivity index (χ0) is 13.0.